The Morgan fingerprint density at radius 1 is 1.15 bits per heavy atom. The lowest BCUT2D eigenvalue weighted by Gasteiger charge is -1.93. The van der Waals surface area contributed by atoms with E-state index < -0.39 is 11.9 Å². The van der Waals surface area contributed by atoms with E-state index in [0.29, 0.717) is 0 Å². The van der Waals surface area contributed by atoms with Gasteiger partial charge in [-0.2, -0.15) is 0 Å². The highest BCUT2D eigenvalue weighted by Gasteiger charge is 2.06. The number of rotatable bonds is 2. The number of hydrogen-bond acceptors (Lipinski definition) is 3. The number of carbonyl (C=O) groups is 2. The molecule has 5 nitrogen and oxygen atoms in total. The van der Waals surface area contributed by atoms with Gasteiger partial charge in [-0.15, -0.1) is 17.0 Å². The van der Waals surface area contributed by atoms with E-state index in [-0.39, 0.29) is 28.2 Å². The quantitative estimate of drug-likeness (QED) is 0.816. The summed E-state index contributed by atoms with van der Waals surface area (Å²) in [5.74, 6) is -2.30. The first kappa shape index (κ1) is 11.6. The van der Waals surface area contributed by atoms with Crippen LogP contribution in [0.5, 0.6) is 0 Å². The van der Waals surface area contributed by atoms with Crippen molar-refractivity contribution in [2.24, 2.45) is 0 Å². The van der Waals surface area contributed by atoms with Gasteiger partial charge in [0.05, 0.1) is 5.56 Å². The second-order valence-electron chi connectivity index (χ2n) is 2.04. The van der Waals surface area contributed by atoms with E-state index in [2.05, 4.69) is 4.98 Å². The molecule has 0 aromatic carbocycles. The number of carboxylic acids is 2. The first-order chi connectivity index (χ1) is 5.61. The van der Waals surface area contributed by atoms with Crippen LogP contribution < -0.4 is 0 Å². The smallest absolute Gasteiger partial charge is 0.354 e. The first-order valence-corrected chi connectivity index (χ1v) is 3.04. The maximum Gasteiger partial charge on any atom is 0.354 e. The molecule has 1 heterocycles. The number of hydrogen-bond donors (Lipinski definition) is 2. The molecule has 0 fully saturated rings. The topological polar surface area (TPSA) is 87.5 Å². The molecule has 1 aromatic rings. The third kappa shape index (κ3) is 2.83. The van der Waals surface area contributed by atoms with E-state index >= 15 is 0 Å². The molecule has 0 atom stereocenters. The molecule has 0 saturated heterocycles. The summed E-state index contributed by atoms with van der Waals surface area (Å²) in [4.78, 5) is 24.0. The van der Waals surface area contributed by atoms with Crippen LogP contribution in [-0.4, -0.2) is 27.1 Å². The van der Waals surface area contributed by atoms with Crippen LogP contribution in [0, 0.1) is 0 Å². The highest BCUT2D eigenvalue weighted by Crippen LogP contribution is 1.99. The highest BCUT2D eigenvalue weighted by molar-refractivity contribution is 8.93. The number of carboxylic acid groups (broad SMARTS) is 2. The number of halogens is 1. The van der Waals surface area contributed by atoms with Crippen LogP contribution in [0.25, 0.3) is 0 Å². The first-order valence-electron chi connectivity index (χ1n) is 3.04. The van der Waals surface area contributed by atoms with Crippen molar-refractivity contribution in [2.75, 3.05) is 0 Å². The van der Waals surface area contributed by atoms with Gasteiger partial charge in [0.15, 0.2) is 0 Å². The molecule has 0 aliphatic rings. The Bertz CT molecular complexity index is 289. The molecule has 0 aliphatic carbocycles. The predicted molar refractivity (Wildman–Crippen MR) is 48.5 cm³/mol. The van der Waals surface area contributed by atoms with E-state index in [1.54, 1.807) is 0 Å². The second-order valence-corrected chi connectivity index (χ2v) is 2.04. The molecule has 1 rings (SSSR count). The molecule has 0 spiro atoms. The summed E-state index contributed by atoms with van der Waals surface area (Å²) in [6, 6.07) is 2.34. The van der Waals surface area contributed by atoms with Crippen LogP contribution in [0.15, 0.2) is 18.3 Å². The molecular formula is C7H6BrNO4. The summed E-state index contributed by atoms with van der Waals surface area (Å²) in [5, 5.41) is 16.8. The van der Waals surface area contributed by atoms with Crippen LogP contribution >= 0.6 is 17.0 Å². The van der Waals surface area contributed by atoms with Crippen LogP contribution in [-0.2, 0) is 0 Å². The van der Waals surface area contributed by atoms with E-state index in [1.165, 1.54) is 6.07 Å². The third-order valence-corrected chi connectivity index (χ3v) is 1.23. The molecule has 0 radical (unpaired) electrons. The number of aromatic nitrogens is 1. The van der Waals surface area contributed by atoms with Crippen LogP contribution in [0.2, 0.25) is 0 Å². The maximum absolute atomic E-state index is 10.3. The van der Waals surface area contributed by atoms with Gasteiger partial charge in [-0.3, -0.25) is 0 Å². The lowest BCUT2D eigenvalue weighted by atomic mass is 10.2. The lowest BCUT2D eigenvalue weighted by Crippen LogP contribution is -2.02. The third-order valence-electron chi connectivity index (χ3n) is 1.23. The van der Waals surface area contributed by atoms with Gasteiger partial charge >= 0.3 is 11.9 Å². The van der Waals surface area contributed by atoms with Gasteiger partial charge in [-0.1, -0.05) is 0 Å². The zero-order valence-corrected chi connectivity index (χ0v) is 8.01. The van der Waals surface area contributed by atoms with Crippen molar-refractivity contribution in [2.45, 2.75) is 0 Å². The summed E-state index contributed by atoms with van der Waals surface area (Å²) in [6.45, 7) is 0. The maximum atomic E-state index is 10.3. The molecular weight excluding hydrogens is 242 g/mol. The summed E-state index contributed by atoms with van der Waals surface area (Å²) < 4.78 is 0. The lowest BCUT2D eigenvalue weighted by molar-refractivity contribution is 0.0676. The highest BCUT2D eigenvalue weighted by atomic mass is 79.9. The molecule has 0 aliphatic heterocycles. The SMILES string of the molecule is Br.O=C(O)c1ccc(C(=O)O)nc1. The Labute approximate surface area is 83.8 Å². The van der Waals surface area contributed by atoms with Gasteiger partial charge < -0.3 is 10.2 Å². The number of nitrogens with zero attached hydrogens (tertiary/aromatic N) is 1. The zero-order chi connectivity index (χ0) is 9.14. The van der Waals surface area contributed by atoms with Gasteiger partial charge in [0.25, 0.3) is 0 Å². The van der Waals surface area contributed by atoms with Crippen molar-refractivity contribution >= 4 is 28.9 Å². The molecule has 0 bridgehead atoms. The monoisotopic (exact) mass is 247 g/mol. The average Bonchev–Trinajstić information content (AvgIpc) is 2.04. The zero-order valence-electron chi connectivity index (χ0n) is 6.30. The van der Waals surface area contributed by atoms with Crippen molar-refractivity contribution in [3.8, 4) is 0 Å². The average molecular weight is 248 g/mol. The largest absolute Gasteiger partial charge is 0.478 e. The molecule has 0 amide bonds. The van der Waals surface area contributed by atoms with E-state index in [0.717, 1.165) is 12.3 Å². The van der Waals surface area contributed by atoms with Crippen LogP contribution in [0.3, 0.4) is 0 Å². The fourth-order valence-electron chi connectivity index (χ4n) is 0.647. The minimum absolute atomic E-state index is 0. The van der Waals surface area contributed by atoms with Gasteiger partial charge in [0.1, 0.15) is 5.69 Å². The molecule has 6 heteroatoms. The van der Waals surface area contributed by atoms with Gasteiger partial charge in [0, 0.05) is 6.20 Å². The molecule has 0 unspecified atom stereocenters. The fraction of sp³-hybridized carbons (Fsp3) is 0. The minimum Gasteiger partial charge on any atom is -0.478 e. The van der Waals surface area contributed by atoms with E-state index in [1.807, 2.05) is 0 Å². The van der Waals surface area contributed by atoms with Crippen molar-refractivity contribution in [1.29, 1.82) is 0 Å². The van der Waals surface area contributed by atoms with Crippen molar-refractivity contribution in [3.63, 3.8) is 0 Å². The minimum atomic E-state index is -1.17. The second kappa shape index (κ2) is 4.56. The summed E-state index contributed by atoms with van der Waals surface area (Å²) in [6.07, 6.45) is 1.01. The van der Waals surface area contributed by atoms with Gasteiger partial charge in [-0.25, -0.2) is 14.6 Å². The van der Waals surface area contributed by atoms with Crippen molar-refractivity contribution < 1.29 is 19.8 Å². The molecule has 70 valence electrons. The Hall–Kier alpha value is -1.43. The standard InChI is InChI=1S/C7H5NO4.BrH/c9-6(10)4-1-2-5(7(11)12)8-3-4;/h1-3H,(H,9,10)(H,11,12);1H. The van der Waals surface area contributed by atoms with Crippen molar-refractivity contribution in [3.05, 3.63) is 29.6 Å². The molecule has 1 aromatic heterocycles. The Morgan fingerprint density at radius 2 is 1.77 bits per heavy atom. The van der Waals surface area contributed by atoms with Gasteiger partial charge in [0.2, 0.25) is 0 Å². The van der Waals surface area contributed by atoms with Gasteiger partial charge in [-0.05, 0) is 12.1 Å². The molecule has 13 heavy (non-hydrogen) atoms. The van der Waals surface area contributed by atoms with E-state index in [4.69, 9.17) is 10.2 Å². The Kier molecular flexibility index (Phi) is 4.06. The van der Waals surface area contributed by atoms with Crippen LogP contribution in [0.1, 0.15) is 20.8 Å². The predicted octanol–water partition coefficient (Wildman–Crippen LogP) is 1.06. The Balaban J connectivity index is 0.00000144. The summed E-state index contributed by atoms with van der Waals surface area (Å²) >= 11 is 0. The molecule has 0 saturated carbocycles. The fourth-order valence-corrected chi connectivity index (χ4v) is 0.647. The molecule has 2 N–H and O–H groups in total. The van der Waals surface area contributed by atoms with E-state index in [9.17, 15) is 9.59 Å². The number of aromatic carboxylic acids is 2. The van der Waals surface area contributed by atoms with Crippen LogP contribution in [0.4, 0.5) is 0 Å². The summed E-state index contributed by atoms with van der Waals surface area (Å²) in [5.41, 5.74) is -0.194. The normalized spacial score (nSPS) is 8.62. The Morgan fingerprint density at radius 3 is 2.08 bits per heavy atom. The van der Waals surface area contributed by atoms with Crippen molar-refractivity contribution in [1.82, 2.24) is 4.98 Å². The number of pyridine rings is 1. The summed E-state index contributed by atoms with van der Waals surface area (Å²) in [7, 11) is 0.